The molecule has 214 valence electrons. The van der Waals surface area contributed by atoms with Gasteiger partial charge in [-0.25, -0.2) is 0 Å². The van der Waals surface area contributed by atoms with Crippen LogP contribution in [0.25, 0.3) is 0 Å². The highest BCUT2D eigenvalue weighted by atomic mass is 79.9. The molecule has 0 aliphatic carbocycles. The number of likely N-dealkylation sites (tertiary alicyclic amines) is 1. The first-order valence-electron chi connectivity index (χ1n) is 14.0. The SMILES string of the molecule is C=CCN(CCN1CCOCC1)C(=O)[C@H]1N(CCCCCCO)C(=O)[C@@H]2[C@@H](C(=O)OCC)[C@@H]3O[C@@]21CC3Br. The predicted molar refractivity (Wildman–Crippen MR) is 144 cm³/mol. The van der Waals surface area contributed by atoms with Gasteiger partial charge in [-0.05, 0) is 26.2 Å². The van der Waals surface area contributed by atoms with Crippen molar-refractivity contribution in [3.05, 3.63) is 12.7 Å². The summed E-state index contributed by atoms with van der Waals surface area (Å²) in [5.41, 5.74) is -1.08. The number of aliphatic hydroxyl groups is 1. The summed E-state index contributed by atoms with van der Waals surface area (Å²) in [4.78, 5) is 46.9. The summed E-state index contributed by atoms with van der Waals surface area (Å²) >= 11 is 3.69. The summed E-state index contributed by atoms with van der Waals surface area (Å²) in [7, 11) is 0. The smallest absolute Gasteiger partial charge is 0.312 e. The first kappa shape index (κ1) is 29.5. The average Bonchev–Trinajstić information content (AvgIpc) is 3.50. The number of alkyl halides is 1. The topological polar surface area (TPSA) is 109 Å². The molecule has 1 N–H and O–H groups in total. The van der Waals surface area contributed by atoms with Gasteiger partial charge in [-0.3, -0.25) is 19.3 Å². The molecule has 1 spiro atoms. The van der Waals surface area contributed by atoms with Crippen LogP contribution in [0.2, 0.25) is 0 Å². The lowest BCUT2D eigenvalue weighted by Gasteiger charge is -2.38. The van der Waals surface area contributed by atoms with E-state index in [1.807, 2.05) is 0 Å². The van der Waals surface area contributed by atoms with Crippen LogP contribution in [0.15, 0.2) is 12.7 Å². The predicted octanol–water partition coefficient (Wildman–Crippen LogP) is 1.20. The molecule has 0 radical (unpaired) electrons. The number of fused-ring (bicyclic) bond motifs is 1. The molecule has 0 saturated carbocycles. The van der Waals surface area contributed by atoms with E-state index in [9.17, 15) is 14.4 Å². The number of nitrogens with zero attached hydrogens (tertiary/aromatic N) is 3. The minimum Gasteiger partial charge on any atom is -0.466 e. The van der Waals surface area contributed by atoms with Crippen LogP contribution in [0, 0.1) is 11.8 Å². The first-order chi connectivity index (χ1) is 18.4. The fourth-order valence-corrected chi connectivity index (χ4v) is 7.55. The molecule has 38 heavy (non-hydrogen) atoms. The highest BCUT2D eigenvalue weighted by Gasteiger charge is 2.77. The van der Waals surface area contributed by atoms with Crippen molar-refractivity contribution >= 4 is 33.7 Å². The Morgan fingerprint density at radius 3 is 2.66 bits per heavy atom. The van der Waals surface area contributed by atoms with Crippen LogP contribution in [-0.4, -0.2) is 126 Å². The van der Waals surface area contributed by atoms with Crippen molar-refractivity contribution in [2.24, 2.45) is 11.8 Å². The van der Waals surface area contributed by atoms with E-state index in [1.165, 1.54) is 0 Å². The van der Waals surface area contributed by atoms with Crippen LogP contribution < -0.4 is 0 Å². The molecule has 1 unspecified atom stereocenters. The summed E-state index contributed by atoms with van der Waals surface area (Å²) < 4.78 is 17.4. The van der Waals surface area contributed by atoms with Crippen molar-refractivity contribution in [1.29, 1.82) is 0 Å². The largest absolute Gasteiger partial charge is 0.466 e. The van der Waals surface area contributed by atoms with Crippen molar-refractivity contribution in [1.82, 2.24) is 14.7 Å². The van der Waals surface area contributed by atoms with Crippen LogP contribution in [0.1, 0.15) is 39.0 Å². The first-order valence-corrected chi connectivity index (χ1v) is 14.9. The molecule has 4 aliphatic rings. The second-order valence-electron chi connectivity index (χ2n) is 10.6. The van der Waals surface area contributed by atoms with E-state index in [-0.39, 0.29) is 29.9 Å². The van der Waals surface area contributed by atoms with Crippen molar-refractivity contribution in [3.63, 3.8) is 0 Å². The monoisotopic (exact) mass is 599 g/mol. The molecule has 4 fully saturated rings. The molecule has 11 heteroatoms. The number of halogens is 1. The number of unbranched alkanes of at least 4 members (excludes halogenated alkanes) is 3. The number of hydrogen-bond donors (Lipinski definition) is 1. The lowest BCUT2D eigenvalue weighted by Crippen LogP contribution is -2.57. The van der Waals surface area contributed by atoms with Crippen molar-refractivity contribution in [2.75, 3.05) is 65.7 Å². The van der Waals surface area contributed by atoms with Gasteiger partial charge in [-0.15, -0.1) is 6.58 Å². The number of rotatable bonds is 14. The van der Waals surface area contributed by atoms with Gasteiger partial charge in [0, 0.05) is 50.7 Å². The molecule has 2 bridgehead atoms. The van der Waals surface area contributed by atoms with Gasteiger partial charge in [-0.2, -0.15) is 0 Å². The zero-order valence-electron chi connectivity index (χ0n) is 22.4. The van der Waals surface area contributed by atoms with Gasteiger partial charge in [0.05, 0.1) is 37.8 Å². The highest BCUT2D eigenvalue weighted by Crippen LogP contribution is 2.60. The third-order valence-corrected chi connectivity index (χ3v) is 9.18. The Labute approximate surface area is 233 Å². The molecule has 4 heterocycles. The van der Waals surface area contributed by atoms with E-state index in [2.05, 4.69) is 27.4 Å². The molecule has 4 rings (SSSR count). The van der Waals surface area contributed by atoms with Crippen LogP contribution >= 0.6 is 15.9 Å². The van der Waals surface area contributed by atoms with Crippen molar-refractivity contribution in [2.45, 2.75) is 61.6 Å². The third kappa shape index (κ3) is 5.68. The maximum absolute atomic E-state index is 14.3. The standard InChI is InChI=1S/C27H42BrN3O7/c1-3-9-30(12-11-29-13-16-36-17-14-29)25(34)23-27-18-19(28)22(38-27)20(26(35)37-4-2)21(27)24(33)31(23)10-7-5-6-8-15-32/h3,19-23,32H,1,4-18H2,2H3/t19?,20-,21+,22-,23-,27+/m1/s1. The summed E-state index contributed by atoms with van der Waals surface area (Å²) in [5.74, 6) is -2.27. The Bertz CT molecular complexity index is 870. The van der Waals surface area contributed by atoms with Crippen molar-refractivity contribution in [3.8, 4) is 0 Å². The fraction of sp³-hybridized carbons (Fsp3) is 0.815. The Morgan fingerprint density at radius 2 is 1.97 bits per heavy atom. The van der Waals surface area contributed by atoms with Crippen LogP contribution in [-0.2, 0) is 28.6 Å². The number of ether oxygens (including phenoxy) is 3. The van der Waals surface area contributed by atoms with E-state index in [0.29, 0.717) is 58.7 Å². The van der Waals surface area contributed by atoms with Crippen LogP contribution in [0.5, 0.6) is 0 Å². The minimum atomic E-state index is -1.08. The van der Waals surface area contributed by atoms with E-state index in [1.54, 1.807) is 22.8 Å². The van der Waals surface area contributed by atoms with Gasteiger partial charge in [-0.1, -0.05) is 34.8 Å². The van der Waals surface area contributed by atoms with E-state index in [0.717, 1.165) is 25.9 Å². The molecule has 4 aliphatic heterocycles. The van der Waals surface area contributed by atoms with E-state index in [4.69, 9.17) is 19.3 Å². The van der Waals surface area contributed by atoms with Gasteiger partial charge >= 0.3 is 5.97 Å². The van der Waals surface area contributed by atoms with Gasteiger partial charge in [0.1, 0.15) is 11.6 Å². The van der Waals surface area contributed by atoms with Crippen LogP contribution in [0.4, 0.5) is 0 Å². The zero-order chi connectivity index (χ0) is 27.3. The molecule has 2 amide bonds. The number of hydrogen-bond acceptors (Lipinski definition) is 8. The van der Waals surface area contributed by atoms with Gasteiger partial charge < -0.3 is 29.1 Å². The number of aliphatic hydroxyl groups excluding tert-OH is 1. The van der Waals surface area contributed by atoms with Gasteiger partial charge in [0.2, 0.25) is 11.8 Å². The molecular weight excluding hydrogens is 558 g/mol. The fourth-order valence-electron chi connectivity index (χ4n) is 6.61. The van der Waals surface area contributed by atoms with Crippen LogP contribution in [0.3, 0.4) is 0 Å². The molecule has 0 aromatic rings. The summed E-state index contributed by atoms with van der Waals surface area (Å²) in [6.07, 6.45) is 4.78. The molecule has 0 aromatic carbocycles. The average molecular weight is 601 g/mol. The quantitative estimate of drug-likeness (QED) is 0.137. The molecule has 10 nitrogen and oxygen atoms in total. The zero-order valence-corrected chi connectivity index (χ0v) is 24.0. The molecule has 0 aromatic heterocycles. The normalized spacial score (nSPS) is 32.4. The lowest BCUT2D eigenvalue weighted by molar-refractivity contribution is -0.154. The highest BCUT2D eigenvalue weighted by molar-refractivity contribution is 9.09. The Morgan fingerprint density at radius 1 is 1.24 bits per heavy atom. The summed E-state index contributed by atoms with van der Waals surface area (Å²) in [5, 5.41) is 9.12. The molecule has 6 atom stereocenters. The maximum Gasteiger partial charge on any atom is 0.312 e. The Balaban J connectivity index is 1.60. The Hall–Kier alpha value is -1.53. The lowest BCUT2D eigenvalue weighted by atomic mass is 9.70. The summed E-state index contributed by atoms with van der Waals surface area (Å²) in [6, 6.07) is -0.813. The van der Waals surface area contributed by atoms with E-state index >= 15 is 0 Å². The molecular formula is C27H42BrN3O7. The molecule has 4 saturated heterocycles. The second-order valence-corrected chi connectivity index (χ2v) is 11.8. The third-order valence-electron chi connectivity index (χ3n) is 8.34. The second kappa shape index (κ2) is 13.2. The van der Waals surface area contributed by atoms with Crippen molar-refractivity contribution < 1.29 is 33.7 Å². The number of amides is 2. The van der Waals surface area contributed by atoms with Gasteiger partial charge in [0.15, 0.2) is 0 Å². The van der Waals surface area contributed by atoms with E-state index < -0.39 is 35.6 Å². The Kier molecular flexibility index (Phi) is 10.2. The number of carbonyl (C=O) groups is 3. The number of esters is 1. The maximum atomic E-state index is 14.3. The number of morpholine rings is 1. The van der Waals surface area contributed by atoms with Gasteiger partial charge in [0.25, 0.3) is 0 Å². The summed E-state index contributed by atoms with van der Waals surface area (Å²) in [6.45, 7) is 10.9. The number of carbonyl (C=O) groups excluding carboxylic acids is 3. The minimum absolute atomic E-state index is 0.137.